The molecule has 29 heavy (non-hydrogen) atoms. The fourth-order valence-corrected chi connectivity index (χ4v) is 2.98. The molecule has 0 radical (unpaired) electrons. The monoisotopic (exact) mass is 419 g/mol. The third kappa shape index (κ3) is 6.92. The van der Waals surface area contributed by atoms with Gasteiger partial charge < -0.3 is 15.8 Å². The van der Waals surface area contributed by atoms with Crippen LogP contribution in [0.1, 0.15) is 17.3 Å². The lowest BCUT2D eigenvalue weighted by Crippen LogP contribution is -2.42. The summed E-state index contributed by atoms with van der Waals surface area (Å²) in [5, 5.41) is 4.44. The Morgan fingerprint density at radius 1 is 1.10 bits per heavy atom. The third-order valence-corrected chi connectivity index (χ3v) is 4.57. The largest absolute Gasteiger partial charge is 0.449 e. The number of hydrogen-bond acceptors (Lipinski definition) is 6. The van der Waals surface area contributed by atoms with E-state index in [4.69, 9.17) is 10.5 Å². The molecule has 152 valence electrons. The zero-order chi connectivity index (χ0) is 21.4. The number of amides is 4. The van der Waals surface area contributed by atoms with Crippen LogP contribution in [0.15, 0.2) is 53.4 Å². The highest BCUT2D eigenvalue weighted by Gasteiger charge is 2.22. The minimum atomic E-state index is -1.24. The number of benzene rings is 2. The first kappa shape index (κ1) is 21.9. The van der Waals surface area contributed by atoms with Crippen LogP contribution in [0.2, 0.25) is 0 Å². The average Bonchev–Trinajstić information content (AvgIpc) is 2.67. The van der Waals surface area contributed by atoms with Gasteiger partial charge in [-0.05, 0) is 43.3 Å². The van der Waals surface area contributed by atoms with E-state index in [1.807, 2.05) is 5.32 Å². The lowest BCUT2D eigenvalue weighted by atomic mass is 10.2. The van der Waals surface area contributed by atoms with E-state index >= 15 is 0 Å². The number of urea groups is 1. The molecular weight excluding hydrogens is 401 g/mol. The van der Waals surface area contributed by atoms with E-state index in [9.17, 15) is 23.6 Å². The summed E-state index contributed by atoms with van der Waals surface area (Å²) >= 11 is 1.09. The first-order chi connectivity index (χ1) is 13.8. The van der Waals surface area contributed by atoms with Crippen molar-refractivity contribution in [2.75, 3.05) is 11.1 Å². The second-order valence-corrected chi connectivity index (χ2v) is 6.76. The number of nitrogens with two attached hydrogens (primary N) is 1. The van der Waals surface area contributed by atoms with Crippen LogP contribution in [0.4, 0.5) is 14.9 Å². The van der Waals surface area contributed by atoms with Gasteiger partial charge in [0.05, 0.1) is 11.3 Å². The highest BCUT2D eigenvalue weighted by molar-refractivity contribution is 8.00. The van der Waals surface area contributed by atoms with E-state index in [2.05, 4.69) is 5.32 Å². The summed E-state index contributed by atoms with van der Waals surface area (Å²) in [7, 11) is 0. The first-order valence-electron chi connectivity index (χ1n) is 8.35. The molecule has 2 aromatic rings. The summed E-state index contributed by atoms with van der Waals surface area (Å²) in [5.41, 5.74) is 5.46. The number of rotatable bonds is 7. The van der Waals surface area contributed by atoms with Crippen LogP contribution in [0.25, 0.3) is 0 Å². The fourth-order valence-electron chi connectivity index (χ4n) is 2.14. The first-order valence-corrected chi connectivity index (χ1v) is 9.33. The summed E-state index contributed by atoms with van der Waals surface area (Å²) < 4.78 is 18.0. The lowest BCUT2D eigenvalue weighted by molar-refractivity contribution is -0.127. The van der Waals surface area contributed by atoms with Gasteiger partial charge in [0.25, 0.3) is 5.91 Å². The zero-order valence-corrected chi connectivity index (χ0v) is 16.1. The summed E-state index contributed by atoms with van der Waals surface area (Å²) in [6.07, 6.45) is -1.24. The number of nitrogens with one attached hydrogen (secondary N) is 2. The van der Waals surface area contributed by atoms with Crippen molar-refractivity contribution in [3.63, 3.8) is 0 Å². The number of esters is 1. The molecule has 8 nitrogen and oxygen atoms in total. The molecule has 0 aliphatic rings. The Balaban J connectivity index is 1.97. The van der Waals surface area contributed by atoms with Gasteiger partial charge in [0.1, 0.15) is 5.82 Å². The third-order valence-electron chi connectivity index (χ3n) is 3.49. The van der Waals surface area contributed by atoms with E-state index in [1.54, 1.807) is 18.2 Å². The van der Waals surface area contributed by atoms with Gasteiger partial charge in [-0.2, -0.15) is 0 Å². The molecule has 0 aromatic heterocycles. The molecule has 4 amide bonds. The van der Waals surface area contributed by atoms with E-state index in [0.29, 0.717) is 10.6 Å². The van der Waals surface area contributed by atoms with Crippen LogP contribution >= 0.6 is 11.8 Å². The number of anilines is 1. The Morgan fingerprint density at radius 2 is 1.76 bits per heavy atom. The number of hydrogen-bond donors (Lipinski definition) is 3. The normalized spacial score (nSPS) is 11.2. The Hall–Kier alpha value is -3.40. The van der Waals surface area contributed by atoms with Crippen molar-refractivity contribution < 1.29 is 28.3 Å². The van der Waals surface area contributed by atoms with Crippen LogP contribution < -0.4 is 16.4 Å². The number of primary amides is 1. The average molecular weight is 419 g/mol. The molecule has 0 saturated carbocycles. The number of ether oxygens (including phenoxy) is 1. The highest BCUT2D eigenvalue weighted by Crippen LogP contribution is 2.24. The SMILES string of the molecule is CC(OC(=O)c1ccccc1SCC(=O)Nc1ccc(F)cc1)C(=O)NC(N)=O. The Bertz CT molecular complexity index is 920. The van der Waals surface area contributed by atoms with E-state index < -0.39 is 29.8 Å². The minimum absolute atomic E-state index is 0.0145. The van der Waals surface area contributed by atoms with Gasteiger partial charge in [0, 0.05) is 10.6 Å². The molecule has 0 aliphatic heterocycles. The topological polar surface area (TPSA) is 128 Å². The Kier molecular flexibility index (Phi) is 7.72. The van der Waals surface area contributed by atoms with E-state index in [1.165, 1.54) is 37.3 Å². The summed E-state index contributed by atoms with van der Waals surface area (Å²) in [4.78, 5) is 47.3. The van der Waals surface area contributed by atoms with Crippen molar-refractivity contribution in [3.05, 3.63) is 59.9 Å². The quantitative estimate of drug-likeness (QED) is 0.467. The molecule has 2 aromatic carbocycles. The molecule has 1 unspecified atom stereocenters. The predicted octanol–water partition coefficient (Wildman–Crippen LogP) is 2.30. The molecule has 0 saturated heterocycles. The molecule has 4 N–H and O–H groups in total. The lowest BCUT2D eigenvalue weighted by Gasteiger charge is -2.14. The highest BCUT2D eigenvalue weighted by atomic mass is 32.2. The van der Waals surface area contributed by atoms with Crippen LogP contribution in [0.3, 0.4) is 0 Å². The second kappa shape index (κ2) is 10.2. The molecule has 0 aliphatic carbocycles. The van der Waals surface area contributed by atoms with Crippen LogP contribution in [-0.2, 0) is 14.3 Å². The minimum Gasteiger partial charge on any atom is -0.449 e. The zero-order valence-electron chi connectivity index (χ0n) is 15.3. The summed E-state index contributed by atoms with van der Waals surface area (Å²) in [6, 6.07) is 10.7. The van der Waals surface area contributed by atoms with Crippen molar-refractivity contribution in [3.8, 4) is 0 Å². The van der Waals surface area contributed by atoms with Gasteiger partial charge in [-0.3, -0.25) is 14.9 Å². The second-order valence-electron chi connectivity index (χ2n) is 5.74. The predicted molar refractivity (Wildman–Crippen MR) is 105 cm³/mol. The molecular formula is C19H18FN3O5S. The number of imide groups is 1. The molecule has 0 spiro atoms. The van der Waals surface area contributed by atoms with Gasteiger partial charge >= 0.3 is 12.0 Å². The van der Waals surface area contributed by atoms with Crippen LogP contribution in [-0.4, -0.2) is 35.7 Å². The van der Waals surface area contributed by atoms with Gasteiger partial charge in [0.15, 0.2) is 6.10 Å². The number of halogens is 1. The Labute approximate surface area is 170 Å². The van der Waals surface area contributed by atoms with Crippen LogP contribution in [0.5, 0.6) is 0 Å². The van der Waals surface area contributed by atoms with Crippen molar-refractivity contribution in [1.29, 1.82) is 0 Å². The van der Waals surface area contributed by atoms with Gasteiger partial charge in [0.2, 0.25) is 5.91 Å². The van der Waals surface area contributed by atoms with Crippen molar-refractivity contribution in [2.24, 2.45) is 5.73 Å². The number of carbonyl (C=O) groups excluding carboxylic acids is 4. The van der Waals surface area contributed by atoms with Gasteiger partial charge in [-0.15, -0.1) is 11.8 Å². The van der Waals surface area contributed by atoms with Gasteiger partial charge in [-0.1, -0.05) is 12.1 Å². The van der Waals surface area contributed by atoms with E-state index in [0.717, 1.165) is 11.8 Å². The van der Waals surface area contributed by atoms with Crippen molar-refractivity contribution in [1.82, 2.24) is 5.32 Å². The maximum atomic E-state index is 12.9. The standard InChI is InChI=1S/C19H18FN3O5S/c1-11(17(25)23-19(21)27)28-18(26)14-4-2-3-5-15(14)29-10-16(24)22-13-8-6-12(20)7-9-13/h2-9,11H,10H2,1H3,(H,22,24)(H3,21,23,25,27). The molecule has 0 bridgehead atoms. The van der Waals surface area contributed by atoms with E-state index in [-0.39, 0.29) is 17.2 Å². The van der Waals surface area contributed by atoms with Crippen molar-refractivity contribution in [2.45, 2.75) is 17.9 Å². The summed E-state index contributed by atoms with van der Waals surface area (Å²) in [5.74, 6) is -2.42. The smallest absolute Gasteiger partial charge is 0.340 e. The number of thioether (sulfide) groups is 1. The fraction of sp³-hybridized carbons (Fsp3) is 0.158. The number of carbonyl (C=O) groups is 4. The Morgan fingerprint density at radius 3 is 2.41 bits per heavy atom. The molecule has 0 fully saturated rings. The van der Waals surface area contributed by atoms with Crippen LogP contribution in [0, 0.1) is 5.82 Å². The molecule has 0 heterocycles. The molecule has 10 heteroatoms. The van der Waals surface area contributed by atoms with Gasteiger partial charge in [-0.25, -0.2) is 14.0 Å². The van der Waals surface area contributed by atoms with Crippen molar-refractivity contribution >= 4 is 41.3 Å². The maximum absolute atomic E-state index is 12.9. The molecule has 1 atom stereocenters. The summed E-state index contributed by atoms with van der Waals surface area (Å²) in [6.45, 7) is 1.29. The molecule has 2 rings (SSSR count). The maximum Gasteiger partial charge on any atom is 0.340 e.